The molecule has 16 heavy (non-hydrogen) atoms. The number of nitrogens with zero attached hydrogens (tertiary/aromatic N) is 2. The van der Waals surface area contributed by atoms with Crippen molar-refractivity contribution in [1.29, 1.82) is 0 Å². The van der Waals surface area contributed by atoms with E-state index in [1.165, 1.54) is 5.56 Å². The fourth-order valence-electron chi connectivity index (χ4n) is 1.24. The van der Waals surface area contributed by atoms with Crippen molar-refractivity contribution in [2.75, 3.05) is 11.1 Å². The largest absolute Gasteiger partial charge is 0.356 e. The van der Waals surface area contributed by atoms with Gasteiger partial charge in [-0.1, -0.05) is 60.4 Å². The highest BCUT2D eigenvalue weighted by molar-refractivity contribution is 8.01. The van der Waals surface area contributed by atoms with Crippen LogP contribution in [0, 0.1) is 0 Å². The molecule has 0 atom stereocenters. The van der Waals surface area contributed by atoms with Crippen LogP contribution in [0.2, 0.25) is 0 Å². The molecule has 1 N–H and O–H groups in total. The molecule has 0 aliphatic carbocycles. The minimum Gasteiger partial charge on any atom is -0.356 e. The van der Waals surface area contributed by atoms with E-state index in [2.05, 4.69) is 34.6 Å². The van der Waals surface area contributed by atoms with Crippen molar-refractivity contribution in [2.24, 2.45) is 0 Å². The molecule has 0 aliphatic rings. The van der Waals surface area contributed by atoms with Gasteiger partial charge in [0.25, 0.3) is 0 Å². The first kappa shape index (κ1) is 11.4. The third-order valence-corrected chi connectivity index (χ3v) is 3.86. The molecule has 0 radical (unpaired) electrons. The molecule has 0 bridgehead atoms. The van der Waals surface area contributed by atoms with Crippen LogP contribution in [0.1, 0.15) is 12.5 Å². The molecule has 0 fully saturated rings. The first-order chi connectivity index (χ1) is 7.88. The second-order valence-corrected chi connectivity index (χ2v) is 5.63. The van der Waals surface area contributed by atoms with Gasteiger partial charge < -0.3 is 5.32 Å². The zero-order chi connectivity index (χ0) is 11.2. The maximum atomic E-state index is 4.09. The monoisotopic (exact) mass is 251 g/mol. The Labute approximate surface area is 103 Å². The van der Waals surface area contributed by atoms with Gasteiger partial charge in [-0.05, 0) is 11.3 Å². The fraction of sp³-hybridized carbons (Fsp3) is 0.273. The molecule has 0 saturated carbocycles. The topological polar surface area (TPSA) is 37.8 Å². The quantitative estimate of drug-likeness (QED) is 0.828. The van der Waals surface area contributed by atoms with Gasteiger partial charge in [-0.2, -0.15) is 0 Å². The third-order valence-electron chi connectivity index (χ3n) is 1.96. The predicted octanol–water partition coefficient (Wildman–Crippen LogP) is 3.26. The minimum atomic E-state index is 0.798. The van der Waals surface area contributed by atoms with E-state index in [9.17, 15) is 0 Å². The number of anilines is 1. The number of rotatable bonds is 5. The molecule has 0 unspecified atom stereocenters. The molecule has 1 aromatic heterocycles. The van der Waals surface area contributed by atoms with E-state index in [4.69, 9.17) is 0 Å². The SMILES string of the molecule is CCSc1nnc(NCc2ccccc2)s1. The number of hydrogen-bond acceptors (Lipinski definition) is 5. The Hall–Kier alpha value is -1.07. The summed E-state index contributed by atoms with van der Waals surface area (Å²) >= 11 is 3.33. The summed E-state index contributed by atoms with van der Waals surface area (Å²) < 4.78 is 1.03. The van der Waals surface area contributed by atoms with E-state index >= 15 is 0 Å². The number of aromatic nitrogens is 2. The van der Waals surface area contributed by atoms with E-state index in [1.807, 2.05) is 18.2 Å². The van der Waals surface area contributed by atoms with Gasteiger partial charge in [0.15, 0.2) is 4.34 Å². The molecule has 0 spiro atoms. The predicted molar refractivity (Wildman–Crippen MR) is 70.1 cm³/mol. The van der Waals surface area contributed by atoms with Crippen molar-refractivity contribution < 1.29 is 0 Å². The highest BCUT2D eigenvalue weighted by atomic mass is 32.2. The van der Waals surface area contributed by atoms with Gasteiger partial charge in [-0.3, -0.25) is 0 Å². The molecular formula is C11H13N3S2. The summed E-state index contributed by atoms with van der Waals surface area (Å²) in [5, 5.41) is 12.3. The van der Waals surface area contributed by atoms with Crippen LogP contribution in [0.4, 0.5) is 5.13 Å². The molecule has 3 nitrogen and oxygen atoms in total. The first-order valence-corrected chi connectivity index (χ1v) is 6.93. The van der Waals surface area contributed by atoms with Gasteiger partial charge in [0.2, 0.25) is 5.13 Å². The van der Waals surface area contributed by atoms with E-state index in [1.54, 1.807) is 23.1 Å². The molecule has 1 heterocycles. The lowest BCUT2D eigenvalue weighted by molar-refractivity contribution is 0.995. The number of hydrogen-bond donors (Lipinski definition) is 1. The van der Waals surface area contributed by atoms with Crippen molar-refractivity contribution in [1.82, 2.24) is 10.2 Å². The molecular weight excluding hydrogens is 238 g/mol. The van der Waals surface area contributed by atoms with E-state index in [-0.39, 0.29) is 0 Å². The number of nitrogens with one attached hydrogen (secondary N) is 1. The maximum absolute atomic E-state index is 4.09. The van der Waals surface area contributed by atoms with Crippen molar-refractivity contribution >= 4 is 28.2 Å². The molecule has 2 aromatic rings. The lowest BCUT2D eigenvalue weighted by atomic mass is 10.2. The summed E-state index contributed by atoms with van der Waals surface area (Å²) in [6.07, 6.45) is 0. The Morgan fingerprint density at radius 1 is 1.25 bits per heavy atom. The van der Waals surface area contributed by atoms with Crippen molar-refractivity contribution in [3.05, 3.63) is 35.9 Å². The van der Waals surface area contributed by atoms with Crippen LogP contribution in [-0.2, 0) is 6.54 Å². The van der Waals surface area contributed by atoms with Crippen molar-refractivity contribution in [3.63, 3.8) is 0 Å². The van der Waals surface area contributed by atoms with Gasteiger partial charge in [0.05, 0.1) is 0 Å². The molecule has 84 valence electrons. The smallest absolute Gasteiger partial charge is 0.206 e. The third kappa shape index (κ3) is 3.21. The van der Waals surface area contributed by atoms with Crippen LogP contribution >= 0.6 is 23.1 Å². The van der Waals surface area contributed by atoms with Crippen LogP contribution in [0.25, 0.3) is 0 Å². The van der Waals surface area contributed by atoms with Gasteiger partial charge >= 0.3 is 0 Å². The van der Waals surface area contributed by atoms with Crippen LogP contribution in [0.5, 0.6) is 0 Å². The molecule has 0 aliphatic heterocycles. The maximum Gasteiger partial charge on any atom is 0.206 e. The first-order valence-electron chi connectivity index (χ1n) is 5.12. The second-order valence-electron chi connectivity index (χ2n) is 3.15. The van der Waals surface area contributed by atoms with Crippen LogP contribution in [-0.4, -0.2) is 16.0 Å². The molecule has 1 aromatic carbocycles. The average molecular weight is 251 g/mol. The minimum absolute atomic E-state index is 0.798. The summed E-state index contributed by atoms with van der Waals surface area (Å²) in [4.78, 5) is 0. The van der Waals surface area contributed by atoms with E-state index in [0.29, 0.717) is 0 Å². The summed E-state index contributed by atoms with van der Waals surface area (Å²) in [7, 11) is 0. The lowest BCUT2D eigenvalue weighted by Gasteiger charge is -2.00. The molecule has 0 amide bonds. The summed E-state index contributed by atoms with van der Waals surface area (Å²) in [6.45, 7) is 2.91. The van der Waals surface area contributed by atoms with Gasteiger partial charge in [-0.15, -0.1) is 10.2 Å². The second kappa shape index (κ2) is 5.86. The Kier molecular flexibility index (Phi) is 4.18. The Morgan fingerprint density at radius 3 is 2.81 bits per heavy atom. The Morgan fingerprint density at radius 2 is 2.06 bits per heavy atom. The Bertz CT molecular complexity index is 428. The molecule has 2 rings (SSSR count). The van der Waals surface area contributed by atoms with Crippen molar-refractivity contribution in [3.8, 4) is 0 Å². The highest BCUT2D eigenvalue weighted by Crippen LogP contribution is 2.25. The lowest BCUT2D eigenvalue weighted by Crippen LogP contribution is -1.98. The normalized spacial score (nSPS) is 10.3. The van der Waals surface area contributed by atoms with Crippen LogP contribution < -0.4 is 5.32 Å². The van der Waals surface area contributed by atoms with Gasteiger partial charge in [0.1, 0.15) is 0 Å². The van der Waals surface area contributed by atoms with Gasteiger partial charge in [-0.25, -0.2) is 0 Å². The van der Waals surface area contributed by atoms with E-state index < -0.39 is 0 Å². The average Bonchev–Trinajstić information content (AvgIpc) is 2.76. The molecule has 5 heteroatoms. The zero-order valence-electron chi connectivity index (χ0n) is 9.01. The number of thioether (sulfide) groups is 1. The summed E-state index contributed by atoms with van der Waals surface area (Å²) in [5.74, 6) is 1.04. The summed E-state index contributed by atoms with van der Waals surface area (Å²) in [5.41, 5.74) is 1.25. The van der Waals surface area contributed by atoms with Gasteiger partial charge in [0, 0.05) is 6.54 Å². The zero-order valence-corrected chi connectivity index (χ0v) is 10.6. The van der Waals surface area contributed by atoms with Crippen LogP contribution in [0.15, 0.2) is 34.7 Å². The Balaban J connectivity index is 1.89. The standard InChI is InChI=1S/C11H13N3S2/c1-2-15-11-14-13-10(16-11)12-8-9-6-4-3-5-7-9/h3-7H,2,8H2,1H3,(H,12,13). The van der Waals surface area contributed by atoms with Crippen molar-refractivity contribution in [2.45, 2.75) is 17.8 Å². The molecule has 0 saturated heterocycles. The number of benzene rings is 1. The fourth-order valence-corrected chi connectivity index (χ4v) is 2.88. The summed E-state index contributed by atoms with van der Waals surface area (Å²) in [6, 6.07) is 10.3. The van der Waals surface area contributed by atoms with Crippen LogP contribution in [0.3, 0.4) is 0 Å². The highest BCUT2D eigenvalue weighted by Gasteiger charge is 2.02. The van der Waals surface area contributed by atoms with E-state index in [0.717, 1.165) is 21.8 Å².